The Morgan fingerprint density at radius 1 is 0.839 bits per heavy atom. The van der Waals surface area contributed by atoms with E-state index in [1.165, 1.54) is 25.6 Å². The largest absolute Gasteiger partial charge is 0.478 e. The van der Waals surface area contributed by atoms with Crippen LogP contribution in [0.4, 0.5) is 17.1 Å². The minimum atomic E-state index is -1.15. The van der Waals surface area contributed by atoms with Gasteiger partial charge in [-0.05, 0) is 62.4 Å². The van der Waals surface area contributed by atoms with Crippen molar-refractivity contribution in [2.24, 2.45) is 0 Å². The number of aliphatic carboxylic acids is 1. The fourth-order valence-electron chi connectivity index (χ4n) is 2.40. The molecule has 2 rings (SSSR count). The Balaban J connectivity index is 1.90. The molecule has 31 heavy (non-hydrogen) atoms. The van der Waals surface area contributed by atoms with Crippen LogP contribution in [0.1, 0.15) is 20.8 Å². The van der Waals surface area contributed by atoms with E-state index in [1.54, 1.807) is 55.5 Å². The maximum absolute atomic E-state index is 12.4. The van der Waals surface area contributed by atoms with E-state index < -0.39 is 11.9 Å². The average Bonchev–Trinajstić information content (AvgIpc) is 2.70. The van der Waals surface area contributed by atoms with E-state index in [0.29, 0.717) is 17.1 Å². The molecule has 9 heteroatoms. The van der Waals surface area contributed by atoms with Gasteiger partial charge >= 0.3 is 5.97 Å². The molecule has 0 heterocycles. The number of benzene rings is 2. The van der Waals surface area contributed by atoms with Gasteiger partial charge in [-0.3, -0.25) is 14.4 Å². The highest BCUT2D eigenvalue weighted by Gasteiger charge is 2.15. The van der Waals surface area contributed by atoms with Crippen LogP contribution in [-0.2, 0) is 19.2 Å². The maximum atomic E-state index is 12.4. The number of rotatable bonds is 8. The first-order valence-corrected chi connectivity index (χ1v) is 10.2. The number of carboxylic acid groups (broad SMARTS) is 1. The summed E-state index contributed by atoms with van der Waals surface area (Å²) >= 11 is 1.35. The van der Waals surface area contributed by atoms with Gasteiger partial charge in [0.2, 0.25) is 17.7 Å². The second-order valence-electron chi connectivity index (χ2n) is 6.65. The minimum Gasteiger partial charge on any atom is -0.478 e. The molecule has 0 aromatic heterocycles. The zero-order valence-electron chi connectivity index (χ0n) is 17.3. The van der Waals surface area contributed by atoms with Gasteiger partial charge in [0.05, 0.1) is 5.25 Å². The van der Waals surface area contributed by atoms with Crippen LogP contribution < -0.4 is 16.0 Å². The lowest BCUT2D eigenvalue weighted by Gasteiger charge is -2.13. The number of carbonyl (C=O) groups excluding carboxylic acids is 3. The Morgan fingerprint density at radius 3 is 1.84 bits per heavy atom. The van der Waals surface area contributed by atoms with E-state index in [2.05, 4.69) is 16.0 Å². The molecule has 0 bridgehead atoms. The highest BCUT2D eigenvalue weighted by molar-refractivity contribution is 8.00. The van der Waals surface area contributed by atoms with Crippen molar-refractivity contribution in [3.05, 3.63) is 60.2 Å². The number of anilines is 3. The molecule has 3 amide bonds. The number of hydrogen-bond donors (Lipinski definition) is 4. The Hall–Kier alpha value is -3.59. The molecular formula is C22H23N3O5S. The predicted octanol–water partition coefficient (Wildman–Crippen LogP) is 3.73. The normalized spacial score (nSPS) is 11.9. The maximum Gasteiger partial charge on any atom is 0.331 e. The molecule has 0 aliphatic heterocycles. The molecule has 0 radical (unpaired) electrons. The molecule has 2 aromatic rings. The smallest absolute Gasteiger partial charge is 0.331 e. The molecule has 162 valence electrons. The summed E-state index contributed by atoms with van der Waals surface area (Å²) in [6, 6.07) is 13.7. The first kappa shape index (κ1) is 23.7. The van der Waals surface area contributed by atoms with Crippen molar-refractivity contribution in [1.29, 1.82) is 0 Å². The van der Waals surface area contributed by atoms with Gasteiger partial charge in [-0.15, -0.1) is 11.8 Å². The van der Waals surface area contributed by atoms with Crippen molar-refractivity contribution >= 4 is 52.5 Å². The summed E-state index contributed by atoms with van der Waals surface area (Å²) in [5.41, 5.74) is 1.72. The second-order valence-corrected chi connectivity index (χ2v) is 8.07. The van der Waals surface area contributed by atoms with Gasteiger partial charge in [0, 0.05) is 40.5 Å². The quantitative estimate of drug-likeness (QED) is 0.365. The lowest BCUT2D eigenvalue weighted by molar-refractivity contribution is -0.132. The average molecular weight is 442 g/mol. The second kappa shape index (κ2) is 11.0. The lowest BCUT2D eigenvalue weighted by atomic mass is 10.2. The first-order chi connectivity index (χ1) is 14.6. The van der Waals surface area contributed by atoms with Gasteiger partial charge in [0.15, 0.2) is 0 Å². The highest BCUT2D eigenvalue weighted by atomic mass is 32.2. The molecule has 1 atom stereocenters. The third kappa shape index (κ3) is 7.98. The molecular weight excluding hydrogens is 418 g/mol. The molecule has 0 saturated carbocycles. The van der Waals surface area contributed by atoms with Gasteiger partial charge in [0.25, 0.3) is 0 Å². The summed E-state index contributed by atoms with van der Waals surface area (Å²) in [7, 11) is 0. The number of nitrogens with one attached hydrogen (secondary N) is 3. The predicted molar refractivity (Wildman–Crippen MR) is 121 cm³/mol. The summed E-state index contributed by atoms with van der Waals surface area (Å²) in [4.78, 5) is 46.9. The Bertz CT molecular complexity index is 1000. The first-order valence-electron chi connectivity index (χ1n) is 9.32. The Labute approximate surface area is 184 Å². The summed E-state index contributed by atoms with van der Waals surface area (Å²) in [5.74, 6) is -2.03. The zero-order valence-corrected chi connectivity index (χ0v) is 18.1. The van der Waals surface area contributed by atoms with E-state index in [0.717, 1.165) is 11.0 Å². The third-order valence-electron chi connectivity index (χ3n) is 3.96. The lowest BCUT2D eigenvalue weighted by Crippen LogP contribution is -2.22. The third-order valence-corrected chi connectivity index (χ3v) is 5.07. The summed E-state index contributed by atoms with van der Waals surface area (Å²) in [6.07, 6.45) is 1.01. The van der Waals surface area contributed by atoms with E-state index in [9.17, 15) is 19.2 Å². The monoisotopic (exact) mass is 441 g/mol. The van der Waals surface area contributed by atoms with Gasteiger partial charge in [-0.2, -0.15) is 0 Å². The van der Waals surface area contributed by atoms with E-state index in [4.69, 9.17) is 5.11 Å². The van der Waals surface area contributed by atoms with Gasteiger partial charge in [-0.1, -0.05) is 0 Å². The molecule has 0 saturated heterocycles. The minimum absolute atomic E-state index is 0.0609. The molecule has 0 fully saturated rings. The Morgan fingerprint density at radius 2 is 1.32 bits per heavy atom. The molecule has 0 aliphatic carbocycles. The topological polar surface area (TPSA) is 125 Å². The number of amides is 3. The summed E-state index contributed by atoms with van der Waals surface area (Å²) in [6.45, 7) is 4.54. The fourth-order valence-corrected chi connectivity index (χ4v) is 3.26. The number of carboxylic acids is 1. The standard InChI is InChI=1S/C22H23N3O5S/c1-13(22(29)30)12-20(27)24-17-8-10-19(11-9-17)31-14(2)21(28)25-18-6-4-16(5-7-18)23-15(3)26/h4-12,14H,1-3H3,(H,23,26)(H,24,27)(H,25,28)(H,29,30)/b13-12-/t14-/m0/s1. The van der Waals surface area contributed by atoms with Crippen LogP contribution in [0, 0.1) is 0 Å². The SMILES string of the molecule is CC(=O)Nc1ccc(NC(=O)[C@H](C)Sc2ccc(NC(=O)/C=C(/C)C(=O)O)cc2)cc1. The van der Waals surface area contributed by atoms with Crippen LogP contribution in [0.5, 0.6) is 0 Å². The number of thioether (sulfide) groups is 1. The van der Waals surface area contributed by atoms with Gasteiger partial charge in [-0.25, -0.2) is 4.79 Å². The van der Waals surface area contributed by atoms with Crippen molar-refractivity contribution < 1.29 is 24.3 Å². The van der Waals surface area contributed by atoms with Gasteiger partial charge < -0.3 is 21.1 Å². The summed E-state index contributed by atoms with van der Waals surface area (Å²) in [5, 5.41) is 16.5. The molecule has 2 aromatic carbocycles. The van der Waals surface area contributed by atoms with Crippen molar-refractivity contribution in [3.63, 3.8) is 0 Å². The molecule has 4 N–H and O–H groups in total. The van der Waals surface area contributed by atoms with Crippen LogP contribution in [-0.4, -0.2) is 34.0 Å². The van der Waals surface area contributed by atoms with Gasteiger partial charge in [0.1, 0.15) is 0 Å². The van der Waals surface area contributed by atoms with E-state index in [1.807, 2.05) is 0 Å². The molecule has 8 nitrogen and oxygen atoms in total. The van der Waals surface area contributed by atoms with E-state index in [-0.39, 0.29) is 22.6 Å². The number of carbonyl (C=O) groups is 4. The highest BCUT2D eigenvalue weighted by Crippen LogP contribution is 2.26. The molecule has 0 aliphatic rings. The van der Waals surface area contributed by atoms with Crippen LogP contribution in [0.25, 0.3) is 0 Å². The van der Waals surface area contributed by atoms with Crippen molar-refractivity contribution in [2.75, 3.05) is 16.0 Å². The molecule has 0 spiro atoms. The zero-order chi connectivity index (χ0) is 23.0. The summed E-state index contributed by atoms with van der Waals surface area (Å²) < 4.78 is 0. The Kier molecular flexibility index (Phi) is 8.39. The van der Waals surface area contributed by atoms with Crippen molar-refractivity contribution in [3.8, 4) is 0 Å². The van der Waals surface area contributed by atoms with Crippen molar-refractivity contribution in [2.45, 2.75) is 30.9 Å². The van der Waals surface area contributed by atoms with Crippen LogP contribution in [0.15, 0.2) is 65.1 Å². The van der Waals surface area contributed by atoms with Crippen LogP contribution in [0.3, 0.4) is 0 Å². The van der Waals surface area contributed by atoms with E-state index >= 15 is 0 Å². The van der Waals surface area contributed by atoms with Crippen molar-refractivity contribution in [1.82, 2.24) is 0 Å². The van der Waals surface area contributed by atoms with Crippen LogP contribution in [0.2, 0.25) is 0 Å². The van der Waals surface area contributed by atoms with Crippen LogP contribution >= 0.6 is 11.8 Å². The molecule has 0 unspecified atom stereocenters. The fraction of sp³-hybridized carbons (Fsp3) is 0.182. The number of hydrogen-bond acceptors (Lipinski definition) is 5.